The van der Waals surface area contributed by atoms with Crippen LogP contribution in [-0.2, 0) is 11.8 Å². The standard InChI is InChI=1S/C17H23N5O3/c1-17(2,3)25-16(24)22-6-5-12(9-22)20-15(23)11-7-13-14(18-8-11)21(4)10-19-13/h7-8,10,12H,5-6,9H2,1-4H3,(H,20,23). The normalized spacial score (nSPS) is 17.8. The molecular weight excluding hydrogens is 322 g/mol. The van der Waals surface area contributed by atoms with Gasteiger partial charge in [0.05, 0.1) is 11.9 Å². The number of imidazole rings is 1. The molecule has 1 atom stereocenters. The SMILES string of the molecule is Cn1cnc2cc(C(=O)NC3CCN(C(=O)OC(C)(C)C)C3)cnc21. The first-order valence-corrected chi connectivity index (χ1v) is 8.29. The van der Waals surface area contributed by atoms with Gasteiger partial charge in [-0.25, -0.2) is 14.8 Å². The molecule has 3 heterocycles. The number of pyridine rings is 1. The highest BCUT2D eigenvalue weighted by molar-refractivity contribution is 5.96. The lowest BCUT2D eigenvalue weighted by Gasteiger charge is -2.24. The second kappa shape index (κ2) is 6.34. The predicted molar refractivity (Wildman–Crippen MR) is 92.2 cm³/mol. The third-order valence-electron chi connectivity index (χ3n) is 3.99. The van der Waals surface area contributed by atoms with E-state index in [-0.39, 0.29) is 18.0 Å². The van der Waals surface area contributed by atoms with E-state index in [9.17, 15) is 9.59 Å². The molecule has 2 aromatic heterocycles. The number of hydrogen-bond donors (Lipinski definition) is 1. The van der Waals surface area contributed by atoms with Gasteiger partial charge in [-0.1, -0.05) is 0 Å². The van der Waals surface area contributed by atoms with Crippen LogP contribution in [0.4, 0.5) is 4.79 Å². The lowest BCUT2D eigenvalue weighted by atomic mass is 10.2. The minimum absolute atomic E-state index is 0.0977. The van der Waals surface area contributed by atoms with Gasteiger partial charge in [0.15, 0.2) is 5.65 Å². The number of ether oxygens (including phenoxy) is 1. The maximum atomic E-state index is 12.4. The zero-order valence-corrected chi connectivity index (χ0v) is 14.9. The summed E-state index contributed by atoms with van der Waals surface area (Å²) in [6.07, 6.45) is 3.56. The number of amides is 2. The van der Waals surface area contributed by atoms with E-state index in [0.29, 0.717) is 30.6 Å². The van der Waals surface area contributed by atoms with Crippen molar-refractivity contribution in [1.82, 2.24) is 24.8 Å². The van der Waals surface area contributed by atoms with E-state index in [1.165, 1.54) is 0 Å². The number of rotatable bonds is 2. The Morgan fingerprint density at radius 1 is 1.32 bits per heavy atom. The predicted octanol–water partition coefficient (Wildman–Crippen LogP) is 1.71. The summed E-state index contributed by atoms with van der Waals surface area (Å²) in [5.41, 5.74) is 1.34. The number of aryl methyl sites for hydroxylation is 1. The molecule has 0 aliphatic carbocycles. The smallest absolute Gasteiger partial charge is 0.410 e. The van der Waals surface area contributed by atoms with Crippen LogP contribution in [0.2, 0.25) is 0 Å². The van der Waals surface area contributed by atoms with Gasteiger partial charge >= 0.3 is 6.09 Å². The van der Waals surface area contributed by atoms with Gasteiger partial charge in [0, 0.05) is 32.4 Å². The van der Waals surface area contributed by atoms with E-state index < -0.39 is 5.60 Å². The van der Waals surface area contributed by atoms with Crippen LogP contribution in [0, 0.1) is 0 Å². The highest BCUT2D eigenvalue weighted by Gasteiger charge is 2.30. The van der Waals surface area contributed by atoms with Crippen LogP contribution in [-0.4, -0.2) is 56.2 Å². The second-order valence-electron chi connectivity index (χ2n) is 7.31. The molecule has 134 valence electrons. The lowest BCUT2D eigenvalue weighted by molar-refractivity contribution is 0.0290. The Morgan fingerprint density at radius 3 is 2.80 bits per heavy atom. The van der Waals surface area contributed by atoms with Crippen molar-refractivity contribution < 1.29 is 14.3 Å². The van der Waals surface area contributed by atoms with Crippen molar-refractivity contribution in [2.45, 2.75) is 38.8 Å². The van der Waals surface area contributed by atoms with Crippen LogP contribution in [0.1, 0.15) is 37.6 Å². The molecule has 0 bridgehead atoms. The Bertz CT molecular complexity index is 808. The molecule has 0 saturated carbocycles. The largest absolute Gasteiger partial charge is 0.444 e. The highest BCUT2D eigenvalue weighted by atomic mass is 16.6. The van der Waals surface area contributed by atoms with E-state index in [1.54, 1.807) is 28.1 Å². The number of carbonyl (C=O) groups is 2. The Hall–Kier alpha value is -2.64. The molecule has 0 radical (unpaired) electrons. The maximum absolute atomic E-state index is 12.4. The molecule has 2 amide bonds. The molecule has 2 aromatic rings. The van der Waals surface area contributed by atoms with Gasteiger partial charge in [-0.05, 0) is 33.3 Å². The molecule has 1 N–H and O–H groups in total. The van der Waals surface area contributed by atoms with Gasteiger partial charge in [0.2, 0.25) is 0 Å². The first-order valence-electron chi connectivity index (χ1n) is 8.29. The molecular formula is C17H23N5O3. The lowest BCUT2D eigenvalue weighted by Crippen LogP contribution is -2.40. The summed E-state index contributed by atoms with van der Waals surface area (Å²) in [5, 5.41) is 2.95. The highest BCUT2D eigenvalue weighted by Crippen LogP contribution is 2.16. The summed E-state index contributed by atoms with van der Waals surface area (Å²) in [6.45, 7) is 6.51. The zero-order chi connectivity index (χ0) is 18.2. The number of carbonyl (C=O) groups excluding carboxylic acids is 2. The molecule has 1 unspecified atom stereocenters. The molecule has 8 heteroatoms. The van der Waals surface area contributed by atoms with Crippen LogP contribution in [0.25, 0.3) is 11.2 Å². The molecule has 1 aliphatic rings. The van der Waals surface area contributed by atoms with Gasteiger partial charge < -0.3 is 19.5 Å². The fourth-order valence-corrected chi connectivity index (χ4v) is 2.78. The van der Waals surface area contributed by atoms with Crippen molar-refractivity contribution in [3.63, 3.8) is 0 Å². The molecule has 3 rings (SSSR count). The van der Waals surface area contributed by atoms with E-state index in [2.05, 4.69) is 15.3 Å². The average molecular weight is 345 g/mol. The minimum atomic E-state index is -0.526. The van der Waals surface area contributed by atoms with E-state index in [1.807, 2.05) is 27.8 Å². The summed E-state index contributed by atoms with van der Waals surface area (Å²) in [6, 6.07) is 1.62. The average Bonchev–Trinajstić information content (AvgIpc) is 3.13. The van der Waals surface area contributed by atoms with Crippen molar-refractivity contribution in [3.05, 3.63) is 24.2 Å². The molecule has 1 saturated heterocycles. The van der Waals surface area contributed by atoms with Crippen molar-refractivity contribution in [2.24, 2.45) is 7.05 Å². The molecule has 0 spiro atoms. The van der Waals surface area contributed by atoms with E-state index in [4.69, 9.17) is 4.74 Å². The first kappa shape index (κ1) is 17.2. The molecule has 8 nitrogen and oxygen atoms in total. The number of likely N-dealkylation sites (tertiary alicyclic amines) is 1. The fraction of sp³-hybridized carbons (Fsp3) is 0.529. The fourth-order valence-electron chi connectivity index (χ4n) is 2.78. The Morgan fingerprint density at radius 2 is 2.08 bits per heavy atom. The maximum Gasteiger partial charge on any atom is 0.410 e. The molecule has 25 heavy (non-hydrogen) atoms. The minimum Gasteiger partial charge on any atom is -0.444 e. The van der Waals surface area contributed by atoms with Gasteiger partial charge in [0.25, 0.3) is 5.91 Å². The molecule has 1 aliphatic heterocycles. The van der Waals surface area contributed by atoms with E-state index >= 15 is 0 Å². The summed E-state index contributed by atoms with van der Waals surface area (Å²) in [4.78, 5) is 34.6. The number of nitrogens with zero attached hydrogens (tertiary/aromatic N) is 4. The topological polar surface area (TPSA) is 89.4 Å². The van der Waals surface area contributed by atoms with Crippen molar-refractivity contribution in [1.29, 1.82) is 0 Å². The first-order chi connectivity index (χ1) is 11.7. The van der Waals surface area contributed by atoms with Gasteiger partial charge in [-0.3, -0.25) is 4.79 Å². The Labute approximate surface area is 146 Å². The van der Waals surface area contributed by atoms with E-state index in [0.717, 1.165) is 5.65 Å². The van der Waals surface area contributed by atoms with Gasteiger partial charge in [-0.15, -0.1) is 0 Å². The Balaban J connectivity index is 1.60. The summed E-state index contributed by atoms with van der Waals surface area (Å²) < 4.78 is 7.16. The Kier molecular flexibility index (Phi) is 4.36. The third kappa shape index (κ3) is 3.89. The van der Waals surface area contributed by atoms with Crippen molar-refractivity contribution >= 4 is 23.2 Å². The summed E-state index contributed by atoms with van der Waals surface area (Å²) >= 11 is 0. The monoisotopic (exact) mass is 345 g/mol. The zero-order valence-electron chi connectivity index (χ0n) is 14.9. The second-order valence-corrected chi connectivity index (χ2v) is 7.31. The van der Waals surface area contributed by atoms with Crippen molar-refractivity contribution in [2.75, 3.05) is 13.1 Å². The van der Waals surface area contributed by atoms with Crippen LogP contribution in [0.5, 0.6) is 0 Å². The van der Waals surface area contributed by atoms with Crippen LogP contribution < -0.4 is 5.32 Å². The quantitative estimate of drug-likeness (QED) is 0.895. The molecule has 0 aromatic carbocycles. The number of fused-ring (bicyclic) bond motifs is 1. The van der Waals surface area contributed by atoms with Crippen molar-refractivity contribution in [3.8, 4) is 0 Å². The number of nitrogens with one attached hydrogen (secondary N) is 1. The van der Waals surface area contributed by atoms with Gasteiger partial charge in [0.1, 0.15) is 11.1 Å². The number of aromatic nitrogens is 3. The van der Waals surface area contributed by atoms with Crippen LogP contribution in [0.15, 0.2) is 18.6 Å². The van der Waals surface area contributed by atoms with Crippen LogP contribution >= 0.6 is 0 Å². The van der Waals surface area contributed by atoms with Crippen LogP contribution in [0.3, 0.4) is 0 Å². The van der Waals surface area contributed by atoms with Gasteiger partial charge in [-0.2, -0.15) is 0 Å². The summed E-state index contributed by atoms with van der Waals surface area (Å²) in [5.74, 6) is -0.212. The summed E-state index contributed by atoms with van der Waals surface area (Å²) in [7, 11) is 1.85. The number of hydrogen-bond acceptors (Lipinski definition) is 5. The molecule has 1 fully saturated rings. The third-order valence-corrected chi connectivity index (χ3v) is 3.99.